The Bertz CT molecular complexity index is 1020. The number of aromatic nitrogens is 2. The normalized spacial score (nSPS) is 32.5. The molecule has 39 heavy (non-hydrogen) atoms. The van der Waals surface area contributed by atoms with E-state index in [2.05, 4.69) is 47.8 Å². The highest BCUT2D eigenvalue weighted by atomic mass is 19.3. The molecule has 4 aliphatic rings. The Morgan fingerprint density at radius 1 is 1.10 bits per heavy atom. The molecule has 4 fully saturated rings. The summed E-state index contributed by atoms with van der Waals surface area (Å²) in [5.41, 5.74) is -0.306. The van der Waals surface area contributed by atoms with Crippen LogP contribution in [0.15, 0.2) is 4.52 Å². The van der Waals surface area contributed by atoms with E-state index in [9.17, 15) is 9.18 Å². The van der Waals surface area contributed by atoms with Crippen molar-refractivity contribution in [2.24, 2.45) is 5.92 Å². The van der Waals surface area contributed by atoms with Crippen LogP contribution in [-0.2, 0) is 10.2 Å². The average molecular weight is 554 g/mol. The molecule has 7 nitrogen and oxygen atoms in total. The van der Waals surface area contributed by atoms with E-state index in [-0.39, 0.29) is 41.7 Å². The van der Waals surface area contributed by atoms with Gasteiger partial charge in [0.25, 0.3) is 5.92 Å². The summed E-state index contributed by atoms with van der Waals surface area (Å²) in [6.45, 7) is 11.2. The Morgan fingerprint density at radius 2 is 1.74 bits per heavy atom. The van der Waals surface area contributed by atoms with Crippen molar-refractivity contribution in [2.75, 3.05) is 33.2 Å². The molecule has 0 N–H and O–H groups in total. The first-order valence-corrected chi connectivity index (χ1v) is 14.9. The van der Waals surface area contributed by atoms with Crippen molar-refractivity contribution >= 4 is 5.91 Å². The van der Waals surface area contributed by atoms with Crippen LogP contribution in [0.2, 0.25) is 0 Å². The van der Waals surface area contributed by atoms with Crippen LogP contribution in [0.5, 0.6) is 0 Å². The summed E-state index contributed by atoms with van der Waals surface area (Å²) in [6.07, 6.45) is 3.65. The van der Waals surface area contributed by atoms with Gasteiger partial charge < -0.3 is 9.42 Å². The lowest BCUT2D eigenvalue weighted by Gasteiger charge is -2.51. The van der Waals surface area contributed by atoms with Crippen molar-refractivity contribution < 1.29 is 22.5 Å². The minimum Gasteiger partial charge on any atom is -0.343 e. The van der Waals surface area contributed by atoms with Crippen LogP contribution in [-0.4, -0.2) is 93.7 Å². The maximum atomic E-state index is 15.4. The second-order valence-corrected chi connectivity index (χ2v) is 13.5. The first-order chi connectivity index (χ1) is 18.3. The van der Waals surface area contributed by atoms with Crippen LogP contribution < -0.4 is 0 Å². The molecule has 1 aromatic rings. The third kappa shape index (κ3) is 5.74. The molecule has 3 heterocycles. The molecule has 220 valence electrons. The zero-order chi connectivity index (χ0) is 28.2. The van der Waals surface area contributed by atoms with Gasteiger partial charge in [-0.15, -0.1) is 0 Å². The predicted octanol–water partition coefficient (Wildman–Crippen LogP) is 5.16. The van der Waals surface area contributed by atoms with Crippen LogP contribution in [0.25, 0.3) is 0 Å². The fraction of sp³-hybridized carbons (Fsp3) is 0.897. The van der Waals surface area contributed by atoms with Gasteiger partial charge in [0.05, 0.1) is 5.92 Å². The summed E-state index contributed by atoms with van der Waals surface area (Å²) in [4.78, 5) is 24.3. The molecule has 4 atom stereocenters. The SMILES string of the molecule is CC(C)N(C)C1(C)CCN([C@H]2CCCC(F)(F)[C@@H]2CC(=O)N2CCC(C)(c3noc([C@@H]4C[C@@H]4F)n3)CC2)CC1. The van der Waals surface area contributed by atoms with Crippen LogP contribution in [0.4, 0.5) is 13.2 Å². The van der Waals surface area contributed by atoms with E-state index in [1.54, 1.807) is 4.90 Å². The fourth-order valence-corrected chi connectivity index (χ4v) is 7.09. The number of nitrogens with zero attached hydrogens (tertiary/aromatic N) is 5. The van der Waals surface area contributed by atoms with Gasteiger partial charge in [0, 0.05) is 68.0 Å². The maximum Gasteiger partial charge on any atom is 0.252 e. The minimum absolute atomic E-state index is 0.0688. The molecular formula is C29H46F3N5O2. The molecule has 5 rings (SSSR count). The Kier molecular flexibility index (Phi) is 7.85. The zero-order valence-electron chi connectivity index (χ0n) is 24.3. The third-order valence-electron chi connectivity index (χ3n) is 10.6. The highest BCUT2D eigenvalue weighted by Crippen LogP contribution is 2.46. The van der Waals surface area contributed by atoms with E-state index in [1.807, 2.05) is 6.92 Å². The highest BCUT2D eigenvalue weighted by Gasteiger charge is 2.51. The topological polar surface area (TPSA) is 65.7 Å². The lowest BCUT2D eigenvalue weighted by Crippen LogP contribution is -2.59. The van der Waals surface area contributed by atoms with Crippen LogP contribution >= 0.6 is 0 Å². The molecule has 0 unspecified atom stereocenters. The van der Waals surface area contributed by atoms with Crippen molar-refractivity contribution in [3.05, 3.63) is 11.7 Å². The Labute approximate surface area is 230 Å². The van der Waals surface area contributed by atoms with Gasteiger partial charge in [-0.25, -0.2) is 13.2 Å². The van der Waals surface area contributed by atoms with E-state index in [1.165, 1.54) is 0 Å². The van der Waals surface area contributed by atoms with Gasteiger partial charge in [-0.3, -0.25) is 14.6 Å². The number of piperidine rings is 2. The van der Waals surface area contributed by atoms with Gasteiger partial charge >= 0.3 is 0 Å². The Morgan fingerprint density at radius 3 is 2.33 bits per heavy atom. The van der Waals surface area contributed by atoms with Gasteiger partial charge in [0.15, 0.2) is 5.82 Å². The second-order valence-electron chi connectivity index (χ2n) is 13.5. The van der Waals surface area contributed by atoms with Crippen molar-refractivity contribution in [1.29, 1.82) is 0 Å². The molecular weight excluding hydrogens is 507 g/mol. The predicted molar refractivity (Wildman–Crippen MR) is 143 cm³/mol. The molecule has 2 aliphatic carbocycles. The third-order valence-corrected chi connectivity index (χ3v) is 10.6. The van der Waals surface area contributed by atoms with Gasteiger partial charge in [0.2, 0.25) is 11.8 Å². The summed E-state index contributed by atoms with van der Waals surface area (Å²) >= 11 is 0. The van der Waals surface area contributed by atoms with E-state index < -0.39 is 18.0 Å². The molecule has 10 heteroatoms. The van der Waals surface area contributed by atoms with Gasteiger partial charge in [-0.2, -0.15) is 4.98 Å². The number of alkyl halides is 3. The molecule has 0 aromatic carbocycles. The second kappa shape index (κ2) is 10.6. The number of halogens is 3. The highest BCUT2D eigenvalue weighted by molar-refractivity contribution is 5.76. The van der Waals surface area contributed by atoms with Crippen molar-refractivity contribution in [3.8, 4) is 0 Å². The zero-order valence-corrected chi connectivity index (χ0v) is 24.3. The Hall–Kier alpha value is -1.68. The molecule has 0 radical (unpaired) electrons. The first-order valence-electron chi connectivity index (χ1n) is 14.9. The monoisotopic (exact) mass is 553 g/mol. The molecule has 0 bridgehead atoms. The van der Waals surface area contributed by atoms with Gasteiger partial charge in [-0.05, 0) is 72.8 Å². The van der Waals surface area contributed by atoms with E-state index >= 15 is 8.78 Å². The summed E-state index contributed by atoms with van der Waals surface area (Å²) in [7, 11) is 2.16. The van der Waals surface area contributed by atoms with Gasteiger partial charge in [-0.1, -0.05) is 12.1 Å². The average Bonchev–Trinajstić information content (AvgIpc) is 3.41. The van der Waals surface area contributed by atoms with Crippen molar-refractivity contribution in [2.45, 2.75) is 127 Å². The maximum absolute atomic E-state index is 15.4. The lowest BCUT2D eigenvalue weighted by atomic mass is 9.76. The number of rotatable bonds is 7. The quantitative estimate of drug-likeness (QED) is 0.465. The molecule has 2 aliphatic heterocycles. The number of carbonyl (C=O) groups is 1. The molecule has 0 spiro atoms. The number of carbonyl (C=O) groups excluding carboxylic acids is 1. The fourth-order valence-electron chi connectivity index (χ4n) is 7.09. The largest absolute Gasteiger partial charge is 0.343 e. The van der Waals surface area contributed by atoms with Crippen LogP contribution in [0.3, 0.4) is 0 Å². The summed E-state index contributed by atoms with van der Waals surface area (Å²) < 4.78 is 49.5. The lowest BCUT2D eigenvalue weighted by molar-refractivity contribution is -0.151. The molecule has 1 amide bonds. The molecule has 2 saturated heterocycles. The van der Waals surface area contributed by atoms with Gasteiger partial charge in [0.1, 0.15) is 6.17 Å². The summed E-state index contributed by atoms with van der Waals surface area (Å²) in [5.74, 6) is -3.34. The number of hydrogen-bond donors (Lipinski definition) is 0. The standard InChI is InChI=1S/C29H46F3N5O2/c1-19(2)35(5)28(4)11-15-36(16-12-28)23-7-6-8-29(31,32)21(23)18-24(38)37-13-9-27(3,10-14-37)26-33-25(39-34-26)20-17-22(20)30/h19-23H,6-18H2,1-5H3/t20-,21-,22+,23+/m1/s1. The van der Waals surface area contributed by atoms with E-state index in [0.29, 0.717) is 56.5 Å². The summed E-state index contributed by atoms with van der Waals surface area (Å²) in [6, 6.07) is 0.168. The smallest absolute Gasteiger partial charge is 0.252 e. The van der Waals surface area contributed by atoms with Crippen LogP contribution in [0.1, 0.15) is 103 Å². The minimum atomic E-state index is -2.84. The summed E-state index contributed by atoms with van der Waals surface area (Å²) in [5, 5.41) is 4.12. The number of amides is 1. The van der Waals surface area contributed by atoms with Crippen molar-refractivity contribution in [1.82, 2.24) is 24.8 Å². The van der Waals surface area contributed by atoms with E-state index in [0.717, 1.165) is 32.4 Å². The first kappa shape index (κ1) is 28.8. The molecule has 1 aromatic heterocycles. The number of likely N-dealkylation sites (tertiary alicyclic amines) is 2. The van der Waals surface area contributed by atoms with Crippen molar-refractivity contribution in [3.63, 3.8) is 0 Å². The van der Waals surface area contributed by atoms with E-state index in [4.69, 9.17) is 4.52 Å². The number of hydrogen-bond acceptors (Lipinski definition) is 6. The molecule has 2 saturated carbocycles. The van der Waals surface area contributed by atoms with Crippen LogP contribution in [0, 0.1) is 5.92 Å². The Balaban J connectivity index is 1.20.